The van der Waals surface area contributed by atoms with E-state index < -0.39 is 69.7 Å². The van der Waals surface area contributed by atoms with Crippen LogP contribution in [0.25, 0.3) is 16.3 Å². The number of ketones is 3. The van der Waals surface area contributed by atoms with Crippen LogP contribution < -0.4 is 10.1 Å². The van der Waals surface area contributed by atoms with E-state index in [0.717, 1.165) is 149 Å². The lowest BCUT2D eigenvalue weighted by molar-refractivity contribution is -0.366. The third-order valence-electron chi connectivity index (χ3n) is 27.2. The molecule has 4 aliphatic heterocycles. The first-order valence-corrected chi connectivity index (χ1v) is 33.2. The molecule has 7 heterocycles. The van der Waals surface area contributed by atoms with Crippen LogP contribution in [0.1, 0.15) is 225 Å². The fourth-order valence-electron chi connectivity index (χ4n) is 23.9. The van der Waals surface area contributed by atoms with E-state index in [1.807, 2.05) is 6.33 Å². The molecule has 0 radical (unpaired) electrons. The number of phenolic OH excluding ortho intramolecular Hbond substituents is 1. The highest BCUT2D eigenvalue weighted by molar-refractivity contribution is 6.34. The van der Waals surface area contributed by atoms with Gasteiger partial charge in [-0.15, -0.1) is 0 Å². The summed E-state index contributed by atoms with van der Waals surface area (Å²) < 4.78 is 15.3. The van der Waals surface area contributed by atoms with Crippen molar-refractivity contribution in [3.05, 3.63) is 116 Å². The lowest BCUT2D eigenvalue weighted by Crippen LogP contribution is -2.79. The minimum Gasteiger partial charge on any atom is -0.507 e. The summed E-state index contributed by atoms with van der Waals surface area (Å²) in [6.45, 7) is 1.76. The highest BCUT2D eigenvalue weighted by Gasteiger charge is 2.78. The average molecular weight is 1180 g/mol. The third kappa shape index (κ3) is 6.21. The van der Waals surface area contributed by atoms with Crippen molar-refractivity contribution in [2.24, 2.45) is 33.5 Å². The second kappa shape index (κ2) is 17.1. The summed E-state index contributed by atoms with van der Waals surface area (Å²) in [5.74, 6) is -3.49. The topological polar surface area (TPSA) is 260 Å². The molecule has 7 fully saturated rings. The van der Waals surface area contributed by atoms with Gasteiger partial charge in [-0.3, -0.25) is 14.4 Å². The van der Waals surface area contributed by atoms with E-state index >= 15 is 9.59 Å². The highest BCUT2D eigenvalue weighted by Crippen LogP contribution is 2.78. The van der Waals surface area contributed by atoms with Crippen LogP contribution in [-0.2, 0) is 26.8 Å². The Morgan fingerprint density at radius 2 is 1.52 bits per heavy atom. The first-order valence-electron chi connectivity index (χ1n) is 33.2. The van der Waals surface area contributed by atoms with Crippen molar-refractivity contribution in [2.75, 3.05) is 11.9 Å². The molecule has 9 N–H and O–H groups in total. The average Bonchev–Trinajstić information content (AvgIpc) is 1.60. The number of hydrogen-bond acceptors (Lipinski definition) is 14. The van der Waals surface area contributed by atoms with Gasteiger partial charge in [0.15, 0.2) is 17.5 Å². The van der Waals surface area contributed by atoms with Gasteiger partial charge in [-0.2, -0.15) is 0 Å². The summed E-state index contributed by atoms with van der Waals surface area (Å²) in [5.41, 5.74) is 3.53. The summed E-state index contributed by atoms with van der Waals surface area (Å²) in [5, 5.41) is 85.2. The zero-order chi connectivity index (χ0) is 58.9. The van der Waals surface area contributed by atoms with Crippen molar-refractivity contribution in [3.8, 4) is 11.5 Å². The molecule has 5 aromatic rings. The monoisotopic (exact) mass is 1180 g/mol. The van der Waals surface area contributed by atoms with Crippen molar-refractivity contribution in [1.29, 1.82) is 0 Å². The molecule has 8 bridgehead atoms. The van der Waals surface area contributed by atoms with Crippen molar-refractivity contribution in [3.63, 3.8) is 0 Å². The molecule has 11 aliphatic carbocycles. The van der Waals surface area contributed by atoms with Gasteiger partial charge < -0.3 is 55.4 Å². The molecule has 6 saturated carbocycles. The minimum absolute atomic E-state index is 0.00491. The molecular weight excluding hydrogens is 1100 g/mol. The molecule has 0 amide bonds. The molecule has 3 aromatic heterocycles. The van der Waals surface area contributed by atoms with Crippen LogP contribution in [0.5, 0.6) is 11.5 Å². The fraction of sp³-hybridized carbons (Fsp3) is 0.592. The van der Waals surface area contributed by atoms with E-state index in [1.54, 1.807) is 37.4 Å². The number of H-pyrrole nitrogens is 2. The van der Waals surface area contributed by atoms with E-state index in [-0.39, 0.29) is 74.3 Å². The highest BCUT2D eigenvalue weighted by atomic mass is 16.7. The molecule has 1 saturated heterocycles. The minimum atomic E-state index is -2.48. The van der Waals surface area contributed by atoms with E-state index in [2.05, 4.69) is 15.3 Å². The number of pyridine rings is 1. The summed E-state index contributed by atoms with van der Waals surface area (Å²) in [6, 6.07) is 6.33. The number of benzene rings is 2. The van der Waals surface area contributed by atoms with E-state index in [1.165, 1.54) is 11.6 Å². The Morgan fingerprint density at radius 3 is 2.32 bits per heavy atom. The van der Waals surface area contributed by atoms with Crippen LogP contribution in [-0.4, -0.2) is 116 Å². The normalized spacial score (nSPS) is 39.0. The number of hydrogen-bond donors (Lipinski definition) is 9. The smallest absolute Gasteiger partial charge is 0.261 e. The number of aryl methyl sites for hydroxylation is 1. The maximum Gasteiger partial charge on any atom is 0.261 e. The zero-order valence-corrected chi connectivity index (χ0v) is 49.5. The molecule has 2 aromatic carbocycles. The molecule has 0 unspecified atom stereocenters. The number of fused-ring (bicyclic) bond motifs is 11. The number of aromatic hydroxyl groups is 1. The maximum absolute atomic E-state index is 15.6. The van der Waals surface area contributed by atoms with Crippen LogP contribution in [0.4, 0.5) is 5.82 Å². The summed E-state index contributed by atoms with van der Waals surface area (Å²) >= 11 is 0. The van der Waals surface area contributed by atoms with Crippen LogP contribution in [0, 0.1) is 40.4 Å². The second-order valence-electron chi connectivity index (χ2n) is 30.8. The van der Waals surface area contributed by atoms with Crippen LogP contribution in [0.2, 0.25) is 0 Å². The Kier molecular flexibility index (Phi) is 10.4. The number of nitrogens with one attached hydrogen (secondary N) is 3. The van der Waals surface area contributed by atoms with Crippen LogP contribution in [0.3, 0.4) is 0 Å². The number of aromatic amines is 2. The van der Waals surface area contributed by atoms with Gasteiger partial charge in [0, 0.05) is 75.3 Å². The Balaban J connectivity index is 0.941. The summed E-state index contributed by atoms with van der Waals surface area (Å²) in [4.78, 5) is 62.5. The summed E-state index contributed by atoms with van der Waals surface area (Å²) in [7, 11) is 0. The van der Waals surface area contributed by atoms with Gasteiger partial charge in [-0.25, -0.2) is 9.97 Å². The number of rotatable bonds is 0. The van der Waals surface area contributed by atoms with E-state index in [4.69, 9.17) is 19.4 Å². The van der Waals surface area contributed by atoms with Gasteiger partial charge in [0.05, 0.1) is 46.5 Å². The van der Waals surface area contributed by atoms with E-state index in [0.29, 0.717) is 77.6 Å². The maximum atomic E-state index is 15.6. The first kappa shape index (κ1) is 52.9. The SMILES string of the molecule is Cc1cc(O)c2c(c1)C(=O)c1c(c3cc4c(nccc14)NC[C@H](O)[C@@]14CC5(CCCC5)C[C@@H]1c1c([nH]c5c1CC[C@@H]1CCC[C@@H]6CC7(CCC(=O)CC7)c7nc[nH]c7[C@]516)C1=C[C@@]5(O3)O[C@@]3(C1=C4C[C@@]1(CCC4(CCCC4)C1)[C@@H]3O)[C@@H](O)[C@H](O)[C@H]5O)C2=O. The van der Waals surface area contributed by atoms with Crippen molar-refractivity contribution in [1.82, 2.24) is 19.9 Å². The van der Waals surface area contributed by atoms with Crippen molar-refractivity contribution in [2.45, 2.75) is 220 Å². The molecule has 15 aliphatic rings. The Hall–Kier alpha value is -6.01. The lowest BCUT2D eigenvalue weighted by atomic mass is 9.45. The molecule has 13 atom stereocenters. The molecular formula is C71H77N5O11. The first-order chi connectivity index (χ1) is 42.0. The molecule has 20 rings (SSSR count). The van der Waals surface area contributed by atoms with Gasteiger partial charge in [-0.05, 0) is 203 Å². The number of Topliss-reactive ketones (excluding diaryl/α,β-unsaturated/α-hetero) is 1. The number of phenols is 1. The van der Waals surface area contributed by atoms with Gasteiger partial charge in [0.1, 0.15) is 35.3 Å². The number of nitrogens with zero attached hydrogens (tertiary/aromatic N) is 2. The molecule has 8 spiro atoms. The number of carbonyl (C=O) groups excluding carboxylic acids is 3. The lowest BCUT2D eigenvalue weighted by Gasteiger charge is -2.64. The van der Waals surface area contributed by atoms with Crippen LogP contribution >= 0.6 is 0 Å². The van der Waals surface area contributed by atoms with E-state index in [9.17, 15) is 35.4 Å². The quantitative estimate of drug-likeness (QED) is 0.0686. The molecule has 87 heavy (non-hydrogen) atoms. The van der Waals surface area contributed by atoms with Gasteiger partial charge in [0.25, 0.3) is 5.79 Å². The number of carbonyl (C=O) groups is 3. The number of ether oxygens (including phenoxy) is 2. The number of aromatic nitrogens is 4. The van der Waals surface area contributed by atoms with Crippen molar-refractivity contribution >= 4 is 39.5 Å². The standard InChI is InChI=1S/C71H77N5O11/c1-34-23-41-49(45(78)24-34)55(81)51-46-25-40-38(50(51)54(41)80)13-22-72-62(40)73-30-47(79)68-32-65(16-4-5-17-65)28-43(68)48-39-10-9-35-7-6-8-36-26-66(18-11-37(77)12-19-66)58-59(75-33-74-58)70(35,36)57(39)76-53(48)42-27-69(86-46)60(83)56(82)61(84)71(87-69)52(42)44(68)29-67(63(71)85)21-20-64(31-67)14-2-3-15-64/h13,22-25,27,33,35-36,43,47,56,60-61,63,76,78-79,82-85H,2-12,14-21,26,28-32H2,1H3,(H,72,73)(H,74,75)/t35-,36+,43+,47-,56+,60+,61-,63-,67+,68-,69+,70+,71-/m0/s1. The molecule has 16 heteroatoms. The second-order valence-corrected chi connectivity index (χ2v) is 30.8. The molecule has 452 valence electrons. The molecule has 16 nitrogen and oxygen atoms in total. The number of aliphatic hydroxyl groups is 5. The number of imidazole rings is 1. The zero-order valence-electron chi connectivity index (χ0n) is 49.5. The predicted molar refractivity (Wildman–Crippen MR) is 318 cm³/mol. The number of anilines is 1. The fourth-order valence-corrected chi connectivity index (χ4v) is 23.9. The largest absolute Gasteiger partial charge is 0.507 e. The van der Waals surface area contributed by atoms with Crippen LogP contribution in [0.15, 0.2) is 54.0 Å². The Morgan fingerprint density at radius 1 is 0.736 bits per heavy atom. The Labute approximate surface area is 504 Å². The van der Waals surface area contributed by atoms with Gasteiger partial charge in [-0.1, -0.05) is 37.7 Å². The predicted octanol–water partition coefficient (Wildman–Crippen LogP) is 9.55. The van der Waals surface area contributed by atoms with Crippen molar-refractivity contribution < 1.29 is 54.5 Å². The van der Waals surface area contributed by atoms with Gasteiger partial charge in [0.2, 0.25) is 5.78 Å². The number of aliphatic hydroxyl groups excluding tert-OH is 5. The third-order valence-corrected chi connectivity index (χ3v) is 27.2. The van der Waals surface area contributed by atoms with Gasteiger partial charge >= 0.3 is 0 Å². The summed E-state index contributed by atoms with van der Waals surface area (Å²) in [6.07, 6.45) is 17.3. The Bertz CT molecular complexity index is 4040.